The number of nitrogens with zero attached hydrogens (tertiary/aromatic N) is 3. The van der Waals surface area contributed by atoms with Gasteiger partial charge in [-0.05, 0) is 20.8 Å². The van der Waals surface area contributed by atoms with Gasteiger partial charge in [0.1, 0.15) is 17.7 Å². The molecule has 2 rings (SSSR count). The Morgan fingerprint density at radius 3 is 2.64 bits per heavy atom. The number of anilines is 2. The second-order valence-corrected chi connectivity index (χ2v) is 5.12. The quantitative estimate of drug-likeness (QED) is 0.268. The van der Waals surface area contributed by atoms with Crippen LogP contribution < -0.4 is 5.32 Å². The molecule has 0 fully saturated rings. The van der Waals surface area contributed by atoms with Crippen molar-refractivity contribution >= 4 is 40.7 Å². The van der Waals surface area contributed by atoms with Crippen molar-refractivity contribution in [2.45, 2.75) is 20.8 Å². The molecule has 0 aromatic carbocycles. The molecule has 0 radical (unpaired) electrons. The fraction of sp³-hybridized carbons (Fsp3) is 0.286. The summed E-state index contributed by atoms with van der Waals surface area (Å²) in [5, 5.41) is 13.3. The molecule has 0 unspecified atom stereocenters. The molecule has 0 spiro atoms. The van der Waals surface area contributed by atoms with Crippen LogP contribution in [0.5, 0.6) is 0 Å². The highest BCUT2D eigenvalue weighted by Gasteiger charge is 2.30. The zero-order valence-electron chi connectivity index (χ0n) is 13.5. The van der Waals surface area contributed by atoms with Gasteiger partial charge in [0.05, 0.1) is 17.1 Å². The summed E-state index contributed by atoms with van der Waals surface area (Å²) in [6, 6.07) is 0. The van der Waals surface area contributed by atoms with E-state index in [1.807, 2.05) is 0 Å². The molecular formula is C14H13ClN4O6. The number of carbonyl (C=O) groups is 2. The first-order valence-corrected chi connectivity index (χ1v) is 7.39. The molecule has 0 amide bonds. The van der Waals surface area contributed by atoms with Crippen molar-refractivity contribution in [1.29, 1.82) is 0 Å². The van der Waals surface area contributed by atoms with Crippen LogP contribution in [0.25, 0.3) is 0 Å². The van der Waals surface area contributed by atoms with Crippen LogP contribution in [0.2, 0.25) is 5.15 Å². The molecule has 0 aliphatic rings. The van der Waals surface area contributed by atoms with Crippen LogP contribution in [0.4, 0.5) is 17.4 Å². The standard InChI is InChI=1S/C14H13ClN4O6/c1-4-24-14(21)9-8(6(2)20)7(3)25-13(9)18-12-10(19(22)23)11(15)16-5-17-12/h5H,4H2,1-3H3,(H,16,17,18). The summed E-state index contributed by atoms with van der Waals surface area (Å²) in [5.41, 5.74) is -0.753. The number of hydrogen-bond donors (Lipinski definition) is 1. The lowest BCUT2D eigenvalue weighted by Crippen LogP contribution is -2.11. The zero-order valence-corrected chi connectivity index (χ0v) is 14.2. The van der Waals surface area contributed by atoms with E-state index in [4.69, 9.17) is 20.8 Å². The summed E-state index contributed by atoms with van der Waals surface area (Å²) in [6.07, 6.45) is 1.00. The number of rotatable bonds is 6. The Balaban J connectivity index is 2.60. The lowest BCUT2D eigenvalue weighted by atomic mass is 10.1. The minimum absolute atomic E-state index is 0.0174. The van der Waals surface area contributed by atoms with E-state index in [0.29, 0.717) is 0 Å². The molecular weight excluding hydrogens is 356 g/mol. The van der Waals surface area contributed by atoms with E-state index < -0.39 is 27.5 Å². The smallest absolute Gasteiger partial charge is 0.348 e. The average Bonchev–Trinajstić information content (AvgIpc) is 2.83. The molecule has 25 heavy (non-hydrogen) atoms. The number of ether oxygens (including phenoxy) is 1. The lowest BCUT2D eigenvalue weighted by molar-refractivity contribution is -0.384. The van der Waals surface area contributed by atoms with Gasteiger partial charge in [-0.25, -0.2) is 14.8 Å². The van der Waals surface area contributed by atoms with Gasteiger partial charge < -0.3 is 14.5 Å². The van der Waals surface area contributed by atoms with Crippen LogP contribution >= 0.6 is 11.6 Å². The van der Waals surface area contributed by atoms with E-state index in [-0.39, 0.29) is 35.2 Å². The van der Waals surface area contributed by atoms with Gasteiger partial charge in [-0.3, -0.25) is 14.9 Å². The minimum atomic E-state index is -0.810. The first-order valence-electron chi connectivity index (χ1n) is 7.01. The first kappa shape index (κ1) is 18.3. The van der Waals surface area contributed by atoms with Gasteiger partial charge in [0.25, 0.3) is 0 Å². The highest BCUT2D eigenvalue weighted by Crippen LogP contribution is 2.35. The summed E-state index contributed by atoms with van der Waals surface area (Å²) < 4.78 is 10.3. The van der Waals surface area contributed by atoms with Crippen molar-refractivity contribution in [3.63, 3.8) is 0 Å². The Kier molecular flexibility index (Phi) is 5.32. The van der Waals surface area contributed by atoms with Crippen LogP contribution in [0.15, 0.2) is 10.7 Å². The second kappa shape index (κ2) is 7.26. The SMILES string of the molecule is CCOC(=O)c1c(Nc2ncnc(Cl)c2[N+](=O)[O-])oc(C)c1C(C)=O. The number of carbonyl (C=O) groups excluding carboxylic acids is 2. The fourth-order valence-electron chi connectivity index (χ4n) is 2.17. The molecule has 11 heteroatoms. The summed E-state index contributed by atoms with van der Waals surface area (Å²) in [7, 11) is 0. The third-order valence-corrected chi connectivity index (χ3v) is 3.38. The molecule has 2 aromatic heterocycles. The van der Waals surface area contributed by atoms with Crippen molar-refractivity contribution in [3.8, 4) is 0 Å². The number of hydrogen-bond acceptors (Lipinski definition) is 9. The van der Waals surface area contributed by atoms with E-state index in [2.05, 4.69) is 15.3 Å². The fourth-order valence-corrected chi connectivity index (χ4v) is 2.37. The Bertz CT molecular complexity index is 863. The van der Waals surface area contributed by atoms with Gasteiger partial charge in [0.2, 0.25) is 16.9 Å². The predicted octanol–water partition coefficient (Wildman–Crippen LogP) is 3.06. The molecule has 0 atom stereocenters. The number of aryl methyl sites for hydroxylation is 1. The number of ketones is 1. The maximum absolute atomic E-state index is 12.2. The molecule has 0 bridgehead atoms. The van der Waals surface area contributed by atoms with Crippen LogP contribution in [0.3, 0.4) is 0 Å². The van der Waals surface area contributed by atoms with E-state index in [1.165, 1.54) is 13.8 Å². The molecule has 2 heterocycles. The topological polar surface area (TPSA) is 137 Å². The first-order chi connectivity index (χ1) is 11.8. The second-order valence-electron chi connectivity index (χ2n) is 4.76. The average molecular weight is 369 g/mol. The predicted molar refractivity (Wildman–Crippen MR) is 86.4 cm³/mol. The molecule has 0 aliphatic heterocycles. The van der Waals surface area contributed by atoms with Crippen LogP contribution in [-0.4, -0.2) is 33.3 Å². The van der Waals surface area contributed by atoms with Crippen LogP contribution in [-0.2, 0) is 4.74 Å². The highest BCUT2D eigenvalue weighted by atomic mass is 35.5. The van der Waals surface area contributed by atoms with Gasteiger partial charge in [-0.2, -0.15) is 0 Å². The normalized spacial score (nSPS) is 10.4. The number of halogens is 1. The van der Waals surface area contributed by atoms with Gasteiger partial charge in [0, 0.05) is 0 Å². The van der Waals surface area contributed by atoms with E-state index in [9.17, 15) is 19.7 Å². The third kappa shape index (κ3) is 3.58. The summed E-state index contributed by atoms with van der Waals surface area (Å²) in [4.78, 5) is 41.7. The maximum Gasteiger partial charge on any atom is 0.348 e. The Morgan fingerprint density at radius 2 is 2.08 bits per heavy atom. The number of esters is 1. The Morgan fingerprint density at radius 1 is 1.40 bits per heavy atom. The molecule has 10 nitrogen and oxygen atoms in total. The zero-order chi connectivity index (χ0) is 18.7. The minimum Gasteiger partial charge on any atom is -0.462 e. The summed E-state index contributed by atoms with van der Waals surface area (Å²) in [5.74, 6) is -1.58. The Hall–Kier alpha value is -3.01. The van der Waals surface area contributed by atoms with Crippen LogP contribution in [0, 0.1) is 17.0 Å². The van der Waals surface area contributed by atoms with E-state index in [0.717, 1.165) is 6.33 Å². The number of furan rings is 1. The van der Waals surface area contributed by atoms with Crippen molar-refractivity contribution < 1.29 is 23.7 Å². The number of Topliss-reactive ketones (excluding diaryl/α,β-unsaturated/α-hetero) is 1. The highest BCUT2D eigenvalue weighted by molar-refractivity contribution is 6.31. The molecule has 2 aromatic rings. The molecule has 0 saturated carbocycles. The van der Waals surface area contributed by atoms with Crippen molar-refractivity contribution in [3.05, 3.63) is 38.5 Å². The van der Waals surface area contributed by atoms with Gasteiger partial charge in [0.15, 0.2) is 5.78 Å². The number of nitrogens with one attached hydrogen (secondary N) is 1. The summed E-state index contributed by atoms with van der Waals surface area (Å²) in [6.45, 7) is 4.40. The van der Waals surface area contributed by atoms with Gasteiger partial charge in [-0.1, -0.05) is 11.6 Å². The largest absolute Gasteiger partial charge is 0.462 e. The number of aromatic nitrogens is 2. The molecule has 132 valence electrons. The van der Waals surface area contributed by atoms with E-state index >= 15 is 0 Å². The molecule has 0 saturated heterocycles. The van der Waals surface area contributed by atoms with Crippen molar-refractivity contribution in [2.75, 3.05) is 11.9 Å². The van der Waals surface area contributed by atoms with Crippen molar-refractivity contribution in [2.24, 2.45) is 0 Å². The Labute approximate surface area is 146 Å². The summed E-state index contributed by atoms with van der Waals surface area (Å²) >= 11 is 5.72. The third-order valence-electron chi connectivity index (χ3n) is 3.11. The number of nitro groups is 1. The monoisotopic (exact) mass is 368 g/mol. The van der Waals surface area contributed by atoms with Gasteiger partial charge in [-0.15, -0.1) is 0 Å². The van der Waals surface area contributed by atoms with E-state index in [1.54, 1.807) is 6.92 Å². The lowest BCUT2D eigenvalue weighted by Gasteiger charge is -2.07. The van der Waals surface area contributed by atoms with Crippen LogP contribution in [0.1, 0.15) is 40.3 Å². The molecule has 0 aliphatic carbocycles. The van der Waals surface area contributed by atoms with Crippen molar-refractivity contribution in [1.82, 2.24) is 9.97 Å². The maximum atomic E-state index is 12.2. The van der Waals surface area contributed by atoms with Gasteiger partial charge >= 0.3 is 11.7 Å². The molecule has 1 N–H and O–H groups in total.